The summed E-state index contributed by atoms with van der Waals surface area (Å²) in [4.78, 5) is 41.5. The highest BCUT2D eigenvalue weighted by Gasteiger charge is 2.17. The summed E-state index contributed by atoms with van der Waals surface area (Å²) in [5.74, 6) is -1.23. The molecule has 176 valence electrons. The minimum Gasteiger partial charge on any atom is -0.462 e. The number of ether oxygens (including phenoxy) is 1. The number of hydrogen-bond acceptors (Lipinski definition) is 7. The zero-order chi connectivity index (χ0) is 24.5. The van der Waals surface area contributed by atoms with Crippen LogP contribution in [0, 0.1) is 5.82 Å². The Hall–Kier alpha value is -4.38. The lowest BCUT2D eigenvalue weighted by atomic mass is 10.1. The molecule has 0 saturated carbocycles. The molecule has 0 radical (unpaired) electrons. The molecule has 35 heavy (non-hydrogen) atoms. The van der Waals surface area contributed by atoms with Crippen molar-refractivity contribution in [1.29, 1.82) is 0 Å². The molecule has 0 aliphatic rings. The van der Waals surface area contributed by atoms with Gasteiger partial charge in [0.1, 0.15) is 18.7 Å². The zero-order valence-electron chi connectivity index (χ0n) is 18.4. The van der Waals surface area contributed by atoms with Crippen molar-refractivity contribution in [3.63, 3.8) is 0 Å². The highest BCUT2D eigenvalue weighted by molar-refractivity contribution is 7.18. The van der Waals surface area contributed by atoms with Gasteiger partial charge in [-0.1, -0.05) is 12.1 Å². The van der Waals surface area contributed by atoms with Crippen molar-refractivity contribution in [1.82, 2.24) is 19.2 Å². The van der Waals surface area contributed by atoms with Gasteiger partial charge in [0.05, 0.1) is 22.4 Å². The summed E-state index contributed by atoms with van der Waals surface area (Å²) in [5.41, 5.74) is 2.95. The summed E-state index contributed by atoms with van der Waals surface area (Å²) in [7, 11) is 0. The first kappa shape index (κ1) is 22.4. The van der Waals surface area contributed by atoms with E-state index in [1.54, 1.807) is 43.3 Å². The highest BCUT2D eigenvalue weighted by atomic mass is 32.1. The molecule has 0 bridgehead atoms. The van der Waals surface area contributed by atoms with Gasteiger partial charge in [-0.15, -0.1) is 16.4 Å². The second-order valence-corrected chi connectivity index (χ2v) is 8.44. The predicted octanol–water partition coefficient (Wildman–Crippen LogP) is 3.73. The Morgan fingerprint density at radius 1 is 1.11 bits per heavy atom. The molecule has 1 N–H and O–H groups in total. The summed E-state index contributed by atoms with van der Waals surface area (Å²) in [6, 6.07) is 12.3. The van der Waals surface area contributed by atoms with E-state index in [1.165, 1.54) is 34.2 Å². The maximum atomic E-state index is 13.3. The van der Waals surface area contributed by atoms with E-state index < -0.39 is 17.6 Å². The fourth-order valence-electron chi connectivity index (χ4n) is 3.61. The van der Waals surface area contributed by atoms with Gasteiger partial charge in [0.15, 0.2) is 5.65 Å². The molecular formula is C24H18FN5O4S. The number of benzene rings is 2. The monoisotopic (exact) mass is 491 g/mol. The minimum atomic E-state index is -0.501. The molecule has 5 rings (SSSR count). The minimum absolute atomic E-state index is 0.270. The van der Waals surface area contributed by atoms with Crippen LogP contribution < -0.4 is 11.0 Å². The topological polar surface area (TPSA) is 108 Å². The Bertz CT molecular complexity index is 1620. The molecule has 2 aromatic carbocycles. The fourth-order valence-corrected chi connectivity index (χ4v) is 4.61. The number of hydrogen-bond donors (Lipinski definition) is 1. The van der Waals surface area contributed by atoms with Crippen LogP contribution in [0.3, 0.4) is 0 Å². The molecule has 9 nitrogen and oxygen atoms in total. The number of aromatic nitrogens is 4. The summed E-state index contributed by atoms with van der Waals surface area (Å²) < 4.78 is 21.3. The fraction of sp³-hybridized carbons (Fsp3) is 0.125. The predicted molar refractivity (Wildman–Crippen MR) is 129 cm³/mol. The molecule has 0 aliphatic heterocycles. The maximum absolute atomic E-state index is 13.3. The van der Waals surface area contributed by atoms with E-state index in [1.807, 2.05) is 5.38 Å². The van der Waals surface area contributed by atoms with Crippen LogP contribution in [0.15, 0.2) is 65.0 Å². The van der Waals surface area contributed by atoms with E-state index in [9.17, 15) is 18.8 Å². The Morgan fingerprint density at radius 2 is 1.86 bits per heavy atom. The first-order valence-corrected chi connectivity index (χ1v) is 11.5. The van der Waals surface area contributed by atoms with Crippen molar-refractivity contribution < 1.29 is 18.7 Å². The quantitative estimate of drug-likeness (QED) is 0.363. The van der Waals surface area contributed by atoms with Gasteiger partial charge in [-0.25, -0.2) is 28.0 Å². The van der Waals surface area contributed by atoms with Crippen LogP contribution in [-0.2, 0) is 16.1 Å². The number of fused-ring (bicyclic) bond motifs is 3. The van der Waals surface area contributed by atoms with Gasteiger partial charge in [-0.2, -0.15) is 0 Å². The number of amides is 1. The van der Waals surface area contributed by atoms with Crippen molar-refractivity contribution in [2.24, 2.45) is 0 Å². The van der Waals surface area contributed by atoms with E-state index >= 15 is 0 Å². The van der Waals surface area contributed by atoms with Gasteiger partial charge < -0.3 is 10.1 Å². The molecule has 0 fully saturated rings. The van der Waals surface area contributed by atoms with Crippen LogP contribution in [-0.4, -0.2) is 37.6 Å². The number of carbonyl (C=O) groups is 2. The second-order valence-electron chi connectivity index (χ2n) is 7.56. The lowest BCUT2D eigenvalue weighted by Gasteiger charge is -2.06. The third-order valence-electron chi connectivity index (χ3n) is 5.27. The van der Waals surface area contributed by atoms with Crippen LogP contribution >= 0.6 is 11.3 Å². The lowest BCUT2D eigenvalue weighted by molar-refractivity contribution is -0.117. The summed E-state index contributed by atoms with van der Waals surface area (Å²) >= 11 is 1.36. The second kappa shape index (κ2) is 9.11. The number of halogens is 1. The molecule has 11 heteroatoms. The van der Waals surface area contributed by atoms with Crippen LogP contribution in [0.1, 0.15) is 17.3 Å². The van der Waals surface area contributed by atoms with Crippen molar-refractivity contribution >= 4 is 44.8 Å². The molecule has 0 spiro atoms. The van der Waals surface area contributed by atoms with Crippen molar-refractivity contribution in [3.05, 3.63) is 82.1 Å². The molecule has 3 aromatic heterocycles. The largest absolute Gasteiger partial charge is 0.462 e. The van der Waals surface area contributed by atoms with Gasteiger partial charge in [0.2, 0.25) is 5.91 Å². The van der Waals surface area contributed by atoms with Gasteiger partial charge in [-0.05, 0) is 48.9 Å². The van der Waals surface area contributed by atoms with E-state index in [0.29, 0.717) is 27.1 Å². The third kappa shape index (κ3) is 4.28. The van der Waals surface area contributed by atoms with Crippen LogP contribution in [0.25, 0.3) is 27.0 Å². The molecule has 0 unspecified atom stereocenters. The summed E-state index contributed by atoms with van der Waals surface area (Å²) in [6.07, 6.45) is 1.37. The molecule has 0 aliphatic carbocycles. The van der Waals surface area contributed by atoms with E-state index in [0.717, 1.165) is 15.8 Å². The molecular weight excluding hydrogens is 473 g/mol. The first-order chi connectivity index (χ1) is 16.9. The van der Waals surface area contributed by atoms with Gasteiger partial charge in [-0.3, -0.25) is 4.79 Å². The average Bonchev–Trinajstić information content (AvgIpc) is 3.41. The molecule has 1 amide bonds. The van der Waals surface area contributed by atoms with Crippen LogP contribution in [0.5, 0.6) is 0 Å². The number of rotatable bonds is 6. The average molecular weight is 492 g/mol. The van der Waals surface area contributed by atoms with E-state index in [2.05, 4.69) is 15.4 Å². The lowest BCUT2D eigenvalue weighted by Crippen LogP contribution is -2.28. The van der Waals surface area contributed by atoms with Crippen LogP contribution in [0.2, 0.25) is 0 Å². The molecule has 3 heterocycles. The Kier molecular flexibility index (Phi) is 5.83. The zero-order valence-corrected chi connectivity index (χ0v) is 19.2. The standard InChI is InChI=1S/C24H18FN5O4S/c1-2-34-23(32)15-5-9-17(10-6-15)27-19(31)11-30-24(33)29-13-26-20-18(12-35-21(20)22(29)28-30)14-3-7-16(25)8-4-14/h3-10,12-13H,2,11H2,1H3,(H,27,31). The SMILES string of the molecule is CCOC(=O)c1ccc(NC(=O)Cn2nc3c4scc(-c5ccc(F)cc5)c4ncn3c2=O)cc1. The third-order valence-corrected chi connectivity index (χ3v) is 6.23. The molecule has 0 saturated heterocycles. The van der Waals surface area contributed by atoms with Crippen LogP contribution in [0.4, 0.5) is 10.1 Å². The van der Waals surface area contributed by atoms with Gasteiger partial charge in [0.25, 0.3) is 0 Å². The van der Waals surface area contributed by atoms with Crippen molar-refractivity contribution in [2.45, 2.75) is 13.5 Å². The summed E-state index contributed by atoms with van der Waals surface area (Å²) in [5, 5.41) is 8.92. The van der Waals surface area contributed by atoms with Crippen molar-refractivity contribution in [3.8, 4) is 11.1 Å². The molecule has 5 aromatic rings. The Balaban J connectivity index is 1.39. The smallest absolute Gasteiger partial charge is 0.352 e. The van der Waals surface area contributed by atoms with E-state index in [-0.39, 0.29) is 19.0 Å². The number of thiophene rings is 1. The van der Waals surface area contributed by atoms with Gasteiger partial charge in [0, 0.05) is 16.6 Å². The normalized spacial score (nSPS) is 11.1. The van der Waals surface area contributed by atoms with Gasteiger partial charge >= 0.3 is 11.7 Å². The number of anilines is 1. The number of carbonyl (C=O) groups excluding carboxylic acids is 2. The number of nitrogens with one attached hydrogen (secondary N) is 1. The molecule has 0 atom stereocenters. The van der Waals surface area contributed by atoms with Crippen molar-refractivity contribution in [2.75, 3.05) is 11.9 Å². The Morgan fingerprint density at radius 3 is 2.57 bits per heavy atom. The first-order valence-electron chi connectivity index (χ1n) is 10.6. The number of nitrogens with zero attached hydrogens (tertiary/aromatic N) is 4. The highest BCUT2D eigenvalue weighted by Crippen LogP contribution is 2.34. The summed E-state index contributed by atoms with van der Waals surface area (Å²) in [6.45, 7) is 1.68. The maximum Gasteiger partial charge on any atom is 0.352 e. The van der Waals surface area contributed by atoms with E-state index in [4.69, 9.17) is 4.74 Å². The number of esters is 1. The Labute approximate surface area is 201 Å².